The predicted octanol–water partition coefficient (Wildman–Crippen LogP) is 2.14. The maximum atomic E-state index is 10.1. The maximum Gasteiger partial charge on any atom is 0.200 e. The van der Waals surface area contributed by atoms with Gasteiger partial charge in [-0.15, -0.1) is 0 Å². The Hall–Kier alpha value is -0.960. The molecule has 1 unspecified atom stereocenters. The molecule has 0 aliphatic rings. The lowest BCUT2D eigenvalue weighted by Crippen LogP contribution is -1.86. The predicted molar refractivity (Wildman–Crippen MR) is 45.4 cm³/mol. The normalized spacial score (nSPS) is 12.1. The van der Waals surface area contributed by atoms with Crippen molar-refractivity contribution >= 4 is 11.5 Å². The van der Waals surface area contributed by atoms with E-state index < -0.39 is 0 Å². The zero-order valence-corrected chi connectivity index (χ0v) is 7.04. The van der Waals surface area contributed by atoms with E-state index in [9.17, 15) is 4.21 Å². The molecule has 58 valence electrons. The quantitative estimate of drug-likeness (QED) is 0.663. The van der Waals surface area contributed by atoms with E-state index in [0.29, 0.717) is 0 Å². The molecule has 0 amide bonds. The van der Waals surface area contributed by atoms with Crippen LogP contribution in [0.4, 0.5) is 0 Å². The first-order chi connectivity index (χ1) is 5.34. The van der Waals surface area contributed by atoms with Crippen molar-refractivity contribution in [3.63, 3.8) is 0 Å². The van der Waals surface area contributed by atoms with Crippen molar-refractivity contribution in [2.75, 3.05) is 0 Å². The van der Waals surface area contributed by atoms with E-state index in [1.807, 2.05) is 37.3 Å². The van der Waals surface area contributed by atoms with Crippen LogP contribution in [-0.4, -0.2) is 4.21 Å². The van der Waals surface area contributed by atoms with Crippen LogP contribution in [-0.2, 0) is 11.5 Å². The van der Waals surface area contributed by atoms with Gasteiger partial charge in [-0.3, -0.25) is 0 Å². The van der Waals surface area contributed by atoms with Crippen molar-refractivity contribution in [1.82, 2.24) is 0 Å². The molecule has 0 fully saturated rings. The van der Waals surface area contributed by atoms with Gasteiger partial charge in [0.25, 0.3) is 0 Å². The molecule has 0 aliphatic heterocycles. The molecule has 0 aliphatic carbocycles. The minimum absolute atomic E-state index is 0.00120. The summed E-state index contributed by atoms with van der Waals surface area (Å²) < 4.78 is 13.8. The molecule has 1 aromatic carbocycles. The van der Waals surface area contributed by atoms with Crippen LogP contribution >= 0.6 is 0 Å². The van der Waals surface area contributed by atoms with Gasteiger partial charge in [-0.2, -0.15) is 8.57 Å². The molecule has 0 saturated carbocycles. The van der Waals surface area contributed by atoms with Crippen LogP contribution in [0.25, 0.3) is 0 Å². The topological polar surface area (TPSA) is 29.4 Å². The number of rotatable bonds is 2. The van der Waals surface area contributed by atoms with Crippen LogP contribution in [0.2, 0.25) is 0 Å². The van der Waals surface area contributed by atoms with Crippen LogP contribution in [0.5, 0.6) is 0 Å². The Balaban J connectivity index is 2.84. The largest absolute Gasteiger partial charge is 0.200 e. The second-order valence-corrected chi connectivity index (χ2v) is 2.63. The average Bonchev–Trinajstić information content (AvgIpc) is 2.07. The van der Waals surface area contributed by atoms with Crippen molar-refractivity contribution < 1.29 is 4.21 Å². The summed E-state index contributed by atoms with van der Waals surface area (Å²) >= 11 is 0.280. The smallest absolute Gasteiger partial charge is 0.191 e. The number of hydrogen-bond donors (Lipinski definition) is 0. The fourth-order valence-corrected chi connectivity index (χ4v) is 1.11. The number of nitrogens with zero attached hydrogens (tertiary/aromatic N) is 1. The molecule has 1 atom stereocenters. The number of hydrogen-bond acceptors (Lipinski definition) is 2. The molecule has 1 rings (SSSR count). The van der Waals surface area contributed by atoms with E-state index in [1.165, 1.54) is 0 Å². The summed E-state index contributed by atoms with van der Waals surface area (Å²) in [5, 5.41) is 0. The van der Waals surface area contributed by atoms with E-state index >= 15 is 0 Å². The lowest BCUT2D eigenvalue weighted by molar-refractivity contribution is 0.692. The van der Waals surface area contributed by atoms with Gasteiger partial charge in [-0.1, -0.05) is 30.3 Å². The summed E-state index contributed by atoms with van der Waals surface area (Å²) in [6, 6.07) is 9.75. The van der Waals surface area contributed by atoms with Gasteiger partial charge in [0.05, 0.1) is 6.04 Å². The first kappa shape index (κ1) is 8.14. The maximum absolute atomic E-state index is 10.1. The van der Waals surface area contributed by atoms with Gasteiger partial charge in [0.15, 0.2) is 11.5 Å². The fourth-order valence-electron chi connectivity index (χ4n) is 0.857. The minimum atomic E-state index is -0.00120. The van der Waals surface area contributed by atoms with Crippen LogP contribution < -0.4 is 0 Å². The highest BCUT2D eigenvalue weighted by molar-refractivity contribution is 7.54. The lowest BCUT2D eigenvalue weighted by Gasteiger charge is -2.01. The Kier molecular flexibility index (Phi) is 2.98. The van der Waals surface area contributed by atoms with Gasteiger partial charge in [0.2, 0.25) is 0 Å². The van der Waals surface area contributed by atoms with E-state index in [1.54, 1.807) is 0 Å². The number of benzene rings is 1. The molecule has 0 aromatic heterocycles. The van der Waals surface area contributed by atoms with Gasteiger partial charge in [0, 0.05) is 0 Å². The van der Waals surface area contributed by atoms with Gasteiger partial charge in [-0.25, -0.2) is 0 Å². The van der Waals surface area contributed by atoms with Gasteiger partial charge >= 0.3 is 0 Å². The van der Waals surface area contributed by atoms with Crippen molar-refractivity contribution in [1.29, 1.82) is 0 Å². The molecular formula is C8H9NOS. The lowest BCUT2D eigenvalue weighted by atomic mass is 10.1. The van der Waals surface area contributed by atoms with Crippen molar-refractivity contribution in [2.24, 2.45) is 4.36 Å². The Morgan fingerprint density at radius 2 is 2.00 bits per heavy atom. The average molecular weight is 167 g/mol. The molecule has 11 heavy (non-hydrogen) atoms. The molecule has 0 saturated heterocycles. The highest BCUT2D eigenvalue weighted by Crippen LogP contribution is 2.14. The first-order valence-corrected chi connectivity index (χ1v) is 4.08. The molecule has 0 N–H and O–H groups in total. The van der Waals surface area contributed by atoms with Crippen LogP contribution in [0.15, 0.2) is 34.7 Å². The zero-order valence-electron chi connectivity index (χ0n) is 6.23. The second-order valence-electron chi connectivity index (χ2n) is 2.27. The third-order valence-electron chi connectivity index (χ3n) is 1.48. The Morgan fingerprint density at radius 1 is 1.36 bits per heavy atom. The molecule has 2 nitrogen and oxygen atoms in total. The van der Waals surface area contributed by atoms with Crippen molar-refractivity contribution in [2.45, 2.75) is 13.0 Å². The van der Waals surface area contributed by atoms with Crippen molar-refractivity contribution in [3.8, 4) is 0 Å². The van der Waals surface area contributed by atoms with Crippen molar-refractivity contribution in [3.05, 3.63) is 35.9 Å². The summed E-state index contributed by atoms with van der Waals surface area (Å²) in [7, 11) is 0. The molecular weight excluding hydrogens is 158 g/mol. The molecule has 0 radical (unpaired) electrons. The summed E-state index contributed by atoms with van der Waals surface area (Å²) in [5.74, 6) is 0. The van der Waals surface area contributed by atoms with Crippen LogP contribution in [0.1, 0.15) is 18.5 Å². The van der Waals surface area contributed by atoms with E-state index in [4.69, 9.17) is 0 Å². The standard InChI is InChI=1S/C8H9NOS/c1-7(9-11-10)8-5-3-2-4-6-8/h2-7H,1H3. The molecule has 0 bridgehead atoms. The molecule has 0 spiro atoms. The molecule has 1 aromatic rings. The summed E-state index contributed by atoms with van der Waals surface area (Å²) in [5.41, 5.74) is 1.08. The summed E-state index contributed by atoms with van der Waals surface area (Å²) in [6.07, 6.45) is 0. The van der Waals surface area contributed by atoms with E-state index in [-0.39, 0.29) is 17.5 Å². The third kappa shape index (κ3) is 2.27. The molecule has 0 heterocycles. The summed E-state index contributed by atoms with van der Waals surface area (Å²) in [6.45, 7) is 1.90. The van der Waals surface area contributed by atoms with Gasteiger partial charge < -0.3 is 0 Å². The minimum Gasteiger partial charge on any atom is -0.191 e. The zero-order chi connectivity index (χ0) is 8.10. The highest BCUT2D eigenvalue weighted by atomic mass is 32.1. The Bertz CT molecular complexity index is 267. The SMILES string of the molecule is CC(N=S=O)c1ccccc1. The van der Waals surface area contributed by atoms with Gasteiger partial charge in [0.1, 0.15) is 0 Å². The van der Waals surface area contributed by atoms with Crippen LogP contribution in [0, 0.1) is 0 Å². The third-order valence-corrected chi connectivity index (χ3v) is 1.89. The van der Waals surface area contributed by atoms with E-state index in [0.717, 1.165) is 5.56 Å². The van der Waals surface area contributed by atoms with E-state index in [2.05, 4.69) is 4.36 Å². The molecule has 3 heteroatoms. The fraction of sp³-hybridized carbons (Fsp3) is 0.250. The Labute approximate surface area is 69.5 Å². The van der Waals surface area contributed by atoms with Crippen LogP contribution in [0.3, 0.4) is 0 Å². The monoisotopic (exact) mass is 167 g/mol. The first-order valence-electron chi connectivity index (χ1n) is 3.38. The Morgan fingerprint density at radius 3 is 2.55 bits per heavy atom. The summed E-state index contributed by atoms with van der Waals surface area (Å²) in [4.78, 5) is 0. The highest BCUT2D eigenvalue weighted by Gasteiger charge is 1.99. The second kappa shape index (κ2) is 4.03. The van der Waals surface area contributed by atoms with Gasteiger partial charge in [-0.05, 0) is 12.5 Å².